The molecule has 1 aromatic heterocycles. The summed E-state index contributed by atoms with van der Waals surface area (Å²) in [4.78, 5) is 4.41. The van der Waals surface area contributed by atoms with Crippen molar-refractivity contribution < 1.29 is 0 Å². The molecule has 0 unspecified atom stereocenters. The lowest BCUT2D eigenvalue weighted by Crippen LogP contribution is -2.20. The molecule has 3 heteroatoms. The second kappa shape index (κ2) is 4.49. The van der Waals surface area contributed by atoms with Gasteiger partial charge in [-0.15, -0.1) is 0 Å². The van der Waals surface area contributed by atoms with E-state index >= 15 is 0 Å². The largest absolute Gasteiger partial charge is 0.367 e. The van der Waals surface area contributed by atoms with Gasteiger partial charge in [0, 0.05) is 6.04 Å². The number of hydrogen-bond donors (Lipinski definition) is 1. The summed E-state index contributed by atoms with van der Waals surface area (Å²) in [6.07, 6.45) is 2.18. The van der Waals surface area contributed by atoms with Crippen molar-refractivity contribution in [2.75, 3.05) is 5.32 Å². The maximum Gasteiger partial charge on any atom is 0.127 e. The van der Waals surface area contributed by atoms with Gasteiger partial charge in [0.15, 0.2) is 0 Å². The van der Waals surface area contributed by atoms with Crippen LogP contribution >= 0.6 is 15.9 Å². The van der Waals surface area contributed by atoms with E-state index in [4.69, 9.17) is 0 Å². The molecule has 0 bridgehead atoms. The van der Waals surface area contributed by atoms with Gasteiger partial charge in [0.1, 0.15) is 10.4 Å². The maximum absolute atomic E-state index is 4.41. The van der Waals surface area contributed by atoms with Crippen LogP contribution in [0.25, 0.3) is 0 Å². The first-order valence-electron chi connectivity index (χ1n) is 5.77. The van der Waals surface area contributed by atoms with Gasteiger partial charge in [0.05, 0.1) is 0 Å². The van der Waals surface area contributed by atoms with E-state index in [1.165, 1.54) is 11.1 Å². The van der Waals surface area contributed by atoms with Crippen LogP contribution in [0, 0.1) is 0 Å². The number of nitrogens with one attached hydrogen (secondary N) is 1. The molecule has 0 amide bonds. The van der Waals surface area contributed by atoms with Gasteiger partial charge < -0.3 is 5.32 Å². The summed E-state index contributed by atoms with van der Waals surface area (Å²) in [6.45, 7) is 0. The third-order valence-corrected chi connectivity index (χ3v) is 3.56. The molecular formula is C14H13BrN2. The van der Waals surface area contributed by atoms with Gasteiger partial charge in [-0.25, -0.2) is 4.98 Å². The minimum absolute atomic E-state index is 0.467. The molecule has 0 saturated carbocycles. The molecule has 2 nitrogen and oxygen atoms in total. The van der Waals surface area contributed by atoms with Crippen LogP contribution in [0.15, 0.2) is 47.1 Å². The lowest BCUT2D eigenvalue weighted by Gasteiger charge is -2.12. The number of aromatic nitrogens is 1. The van der Waals surface area contributed by atoms with Crippen molar-refractivity contribution in [3.63, 3.8) is 0 Å². The number of anilines is 1. The molecule has 0 spiro atoms. The second-order valence-corrected chi connectivity index (χ2v) is 5.18. The third kappa shape index (κ3) is 2.34. The molecule has 0 aliphatic heterocycles. The highest BCUT2D eigenvalue weighted by molar-refractivity contribution is 9.10. The van der Waals surface area contributed by atoms with Gasteiger partial charge in [0.2, 0.25) is 0 Å². The van der Waals surface area contributed by atoms with Crippen molar-refractivity contribution in [2.24, 2.45) is 0 Å². The average Bonchev–Trinajstić information content (AvgIpc) is 2.71. The Morgan fingerprint density at radius 3 is 2.35 bits per heavy atom. The highest BCUT2D eigenvalue weighted by Gasteiger charge is 2.20. The second-order valence-electron chi connectivity index (χ2n) is 4.36. The summed E-state index contributed by atoms with van der Waals surface area (Å²) >= 11 is 3.39. The van der Waals surface area contributed by atoms with E-state index in [-0.39, 0.29) is 0 Å². The van der Waals surface area contributed by atoms with Crippen LogP contribution < -0.4 is 5.32 Å². The Kier molecular flexibility index (Phi) is 2.85. The Morgan fingerprint density at radius 2 is 1.71 bits per heavy atom. The van der Waals surface area contributed by atoms with Crippen molar-refractivity contribution in [1.29, 1.82) is 0 Å². The van der Waals surface area contributed by atoms with Gasteiger partial charge in [-0.05, 0) is 52.0 Å². The average molecular weight is 289 g/mol. The van der Waals surface area contributed by atoms with Crippen LogP contribution in [0.4, 0.5) is 5.82 Å². The number of halogens is 1. The Labute approximate surface area is 109 Å². The number of nitrogens with zero attached hydrogens (tertiary/aromatic N) is 1. The van der Waals surface area contributed by atoms with E-state index in [9.17, 15) is 0 Å². The molecule has 2 aromatic rings. The molecule has 0 atom stereocenters. The number of benzene rings is 1. The normalized spacial score (nSPS) is 14.6. The van der Waals surface area contributed by atoms with Crippen LogP contribution in [0.1, 0.15) is 11.1 Å². The van der Waals surface area contributed by atoms with E-state index < -0.39 is 0 Å². The maximum atomic E-state index is 4.41. The van der Waals surface area contributed by atoms with Crippen LogP contribution in [-0.2, 0) is 12.8 Å². The smallest absolute Gasteiger partial charge is 0.127 e. The molecule has 1 aliphatic carbocycles. The molecule has 0 saturated heterocycles. The lowest BCUT2D eigenvalue weighted by atomic mass is 10.1. The van der Waals surface area contributed by atoms with Gasteiger partial charge in [0.25, 0.3) is 0 Å². The lowest BCUT2D eigenvalue weighted by molar-refractivity contribution is 0.768. The van der Waals surface area contributed by atoms with E-state index in [0.29, 0.717) is 6.04 Å². The summed E-state index contributed by atoms with van der Waals surface area (Å²) < 4.78 is 0.873. The number of hydrogen-bond acceptors (Lipinski definition) is 2. The van der Waals surface area contributed by atoms with E-state index in [1.807, 2.05) is 18.2 Å². The number of pyridine rings is 1. The Bertz CT molecular complexity index is 514. The monoisotopic (exact) mass is 288 g/mol. The van der Waals surface area contributed by atoms with E-state index in [2.05, 4.69) is 50.5 Å². The molecule has 0 radical (unpaired) electrons. The molecule has 86 valence electrons. The van der Waals surface area contributed by atoms with Crippen molar-refractivity contribution in [3.05, 3.63) is 58.2 Å². The zero-order valence-electron chi connectivity index (χ0n) is 9.36. The first kappa shape index (κ1) is 10.8. The van der Waals surface area contributed by atoms with Crippen molar-refractivity contribution >= 4 is 21.7 Å². The Hall–Kier alpha value is -1.35. The fourth-order valence-electron chi connectivity index (χ4n) is 2.36. The highest BCUT2D eigenvalue weighted by atomic mass is 79.9. The molecule has 3 rings (SSSR count). The fraction of sp³-hybridized carbons (Fsp3) is 0.214. The van der Waals surface area contributed by atoms with Crippen LogP contribution in [0.2, 0.25) is 0 Å². The molecule has 1 aliphatic rings. The SMILES string of the molecule is Brc1cccc(NC2Cc3ccccc3C2)n1. The highest BCUT2D eigenvalue weighted by Crippen LogP contribution is 2.24. The molecule has 17 heavy (non-hydrogen) atoms. The number of fused-ring (bicyclic) bond motifs is 1. The van der Waals surface area contributed by atoms with E-state index in [1.54, 1.807) is 0 Å². The summed E-state index contributed by atoms with van der Waals surface area (Å²) in [7, 11) is 0. The standard InChI is InChI=1S/C14H13BrN2/c15-13-6-3-7-14(17-13)16-12-8-10-4-1-2-5-11(10)9-12/h1-7,12H,8-9H2,(H,16,17). The zero-order valence-corrected chi connectivity index (χ0v) is 10.9. The Balaban J connectivity index is 1.74. The molecule has 1 aromatic carbocycles. The number of rotatable bonds is 2. The van der Waals surface area contributed by atoms with Gasteiger partial charge in [-0.3, -0.25) is 0 Å². The van der Waals surface area contributed by atoms with Gasteiger partial charge >= 0.3 is 0 Å². The summed E-state index contributed by atoms with van der Waals surface area (Å²) in [5.74, 6) is 0.942. The molecular weight excluding hydrogens is 276 g/mol. The topological polar surface area (TPSA) is 24.9 Å². The summed E-state index contributed by atoms with van der Waals surface area (Å²) in [6, 6.07) is 15.1. The van der Waals surface area contributed by atoms with Crippen molar-refractivity contribution in [2.45, 2.75) is 18.9 Å². The van der Waals surface area contributed by atoms with Crippen LogP contribution in [-0.4, -0.2) is 11.0 Å². The molecule has 1 N–H and O–H groups in total. The summed E-state index contributed by atoms with van der Waals surface area (Å²) in [5, 5.41) is 3.49. The van der Waals surface area contributed by atoms with Crippen LogP contribution in [0.5, 0.6) is 0 Å². The van der Waals surface area contributed by atoms with Crippen LogP contribution in [0.3, 0.4) is 0 Å². The zero-order chi connectivity index (χ0) is 11.7. The third-order valence-electron chi connectivity index (χ3n) is 3.12. The predicted molar refractivity (Wildman–Crippen MR) is 73.2 cm³/mol. The van der Waals surface area contributed by atoms with Crippen molar-refractivity contribution in [1.82, 2.24) is 4.98 Å². The molecule has 0 fully saturated rings. The quantitative estimate of drug-likeness (QED) is 0.857. The fourth-order valence-corrected chi connectivity index (χ4v) is 2.70. The van der Waals surface area contributed by atoms with Gasteiger partial charge in [-0.1, -0.05) is 30.3 Å². The Morgan fingerprint density at radius 1 is 1.00 bits per heavy atom. The van der Waals surface area contributed by atoms with Crippen molar-refractivity contribution in [3.8, 4) is 0 Å². The summed E-state index contributed by atoms with van der Waals surface area (Å²) in [5.41, 5.74) is 2.92. The first-order chi connectivity index (χ1) is 8.31. The molecule has 1 heterocycles. The minimum atomic E-state index is 0.467. The minimum Gasteiger partial charge on any atom is -0.367 e. The van der Waals surface area contributed by atoms with Gasteiger partial charge in [-0.2, -0.15) is 0 Å². The first-order valence-corrected chi connectivity index (χ1v) is 6.56. The van der Waals surface area contributed by atoms with E-state index in [0.717, 1.165) is 23.3 Å². The predicted octanol–water partition coefficient (Wildman–Crippen LogP) is 3.42.